The van der Waals surface area contributed by atoms with E-state index in [1.54, 1.807) is 18.7 Å². The number of aromatic nitrogens is 1. The highest BCUT2D eigenvalue weighted by molar-refractivity contribution is 5.98. The molecule has 2 amide bonds. The lowest BCUT2D eigenvalue weighted by Gasteiger charge is -2.41. The third-order valence-corrected chi connectivity index (χ3v) is 3.65. The SMILES string of the molecule is CC(C)n1cccc1C(=O)N1CCNC(=O)C1(C)C. The van der Waals surface area contributed by atoms with Crippen LogP contribution >= 0.6 is 0 Å². The number of amides is 2. The first-order chi connectivity index (χ1) is 8.85. The number of carbonyl (C=O) groups excluding carboxylic acids is 2. The predicted molar refractivity (Wildman–Crippen MR) is 72.9 cm³/mol. The van der Waals surface area contributed by atoms with E-state index in [0.29, 0.717) is 18.8 Å². The van der Waals surface area contributed by atoms with E-state index < -0.39 is 5.54 Å². The standard InChI is InChI=1S/C14H21N3O2/c1-10(2)16-8-5-6-11(16)12(18)17-9-7-15-13(19)14(17,3)4/h5-6,8,10H,7,9H2,1-4H3,(H,15,19). The van der Waals surface area contributed by atoms with Crippen molar-refractivity contribution in [3.05, 3.63) is 24.0 Å². The van der Waals surface area contributed by atoms with Gasteiger partial charge < -0.3 is 14.8 Å². The maximum absolute atomic E-state index is 12.7. The first-order valence-corrected chi connectivity index (χ1v) is 6.63. The fourth-order valence-electron chi connectivity index (χ4n) is 2.42. The third kappa shape index (κ3) is 2.25. The van der Waals surface area contributed by atoms with Gasteiger partial charge in [-0.1, -0.05) is 0 Å². The maximum atomic E-state index is 12.7. The van der Waals surface area contributed by atoms with Crippen molar-refractivity contribution in [1.82, 2.24) is 14.8 Å². The maximum Gasteiger partial charge on any atom is 0.271 e. The molecule has 0 unspecified atom stereocenters. The summed E-state index contributed by atoms with van der Waals surface area (Å²) in [5.41, 5.74) is -0.167. The van der Waals surface area contributed by atoms with Crippen molar-refractivity contribution in [3.8, 4) is 0 Å². The van der Waals surface area contributed by atoms with Crippen LogP contribution in [0.25, 0.3) is 0 Å². The molecule has 0 bridgehead atoms. The van der Waals surface area contributed by atoms with Gasteiger partial charge in [0, 0.05) is 25.3 Å². The quantitative estimate of drug-likeness (QED) is 0.877. The van der Waals surface area contributed by atoms with Crippen molar-refractivity contribution in [2.24, 2.45) is 0 Å². The van der Waals surface area contributed by atoms with Crippen LogP contribution in [-0.4, -0.2) is 39.9 Å². The van der Waals surface area contributed by atoms with Crippen molar-refractivity contribution in [2.45, 2.75) is 39.3 Å². The monoisotopic (exact) mass is 263 g/mol. The molecule has 0 aliphatic carbocycles. The Morgan fingerprint density at radius 3 is 2.74 bits per heavy atom. The summed E-state index contributed by atoms with van der Waals surface area (Å²) in [4.78, 5) is 26.2. The normalized spacial score (nSPS) is 18.6. The molecular formula is C14H21N3O2. The third-order valence-electron chi connectivity index (χ3n) is 3.65. The Bertz CT molecular complexity index is 503. The Morgan fingerprint density at radius 1 is 1.42 bits per heavy atom. The van der Waals surface area contributed by atoms with Crippen molar-refractivity contribution in [1.29, 1.82) is 0 Å². The van der Waals surface area contributed by atoms with Crippen LogP contribution in [0, 0.1) is 0 Å². The zero-order chi connectivity index (χ0) is 14.2. The second-order valence-corrected chi connectivity index (χ2v) is 5.67. The first-order valence-electron chi connectivity index (χ1n) is 6.63. The highest BCUT2D eigenvalue weighted by atomic mass is 16.2. The molecule has 1 aromatic heterocycles. The lowest BCUT2D eigenvalue weighted by atomic mass is 9.98. The van der Waals surface area contributed by atoms with E-state index in [2.05, 4.69) is 5.32 Å². The highest BCUT2D eigenvalue weighted by Crippen LogP contribution is 2.22. The van der Waals surface area contributed by atoms with Crippen LogP contribution in [0.1, 0.15) is 44.2 Å². The minimum absolute atomic E-state index is 0.0847. The molecule has 2 heterocycles. The topological polar surface area (TPSA) is 54.3 Å². The fourth-order valence-corrected chi connectivity index (χ4v) is 2.42. The van der Waals surface area contributed by atoms with Gasteiger partial charge in [0.15, 0.2) is 0 Å². The van der Waals surface area contributed by atoms with Gasteiger partial charge in [-0.15, -0.1) is 0 Å². The van der Waals surface area contributed by atoms with Gasteiger partial charge in [0.25, 0.3) is 5.91 Å². The highest BCUT2D eigenvalue weighted by Gasteiger charge is 2.41. The summed E-state index contributed by atoms with van der Waals surface area (Å²) in [7, 11) is 0. The Labute approximate surface area is 113 Å². The Kier molecular flexibility index (Phi) is 3.39. The van der Waals surface area contributed by atoms with Crippen LogP contribution in [0.3, 0.4) is 0 Å². The number of piperazine rings is 1. The number of hydrogen-bond acceptors (Lipinski definition) is 2. The van der Waals surface area contributed by atoms with Crippen LogP contribution in [0.2, 0.25) is 0 Å². The van der Waals surface area contributed by atoms with E-state index in [1.165, 1.54) is 0 Å². The molecule has 2 rings (SSSR count). The zero-order valence-electron chi connectivity index (χ0n) is 11.9. The molecule has 1 aliphatic rings. The van der Waals surface area contributed by atoms with Crippen LogP contribution in [-0.2, 0) is 4.79 Å². The second kappa shape index (κ2) is 4.72. The summed E-state index contributed by atoms with van der Waals surface area (Å²) in [5.74, 6) is -0.187. The molecule has 1 aromatic rings. The molecule has 0 radical (unpaired) electrons. The molecule has 1 fully saturated rings. The molecule has 5 nitrogen and oxygen atoms in total. The Morgan fingerprint density at radius 2 is 2.11 bits per heavy atom. The van der Waals surface area contributed by atoms with E-state index in [-0.39, 0.29) is 17.9 Å². The van der Waals surface area contributed by atoms with Gasteiger partial charge in [0.05, 0.1) is 0 Å². The van der Waals surface area contributed by atoms with E-state index in [9.17, 15) is 9.59 Å². The van der Waals surface area contributed by atoms with E-state index >= 15 is 0 Å². The predicted octanol–water partition coefficient (Wildman–Crippen LogP) is 1.42. The fraction of sp³-hybridized carbons (Fsp3) is 0.571. The summed E-state index contributed by atoms with van der Waals surface area (Å²) in [6.07, 6.45) is 1.90. The van der Waals surface area contributed by atoms with Crippen LogP contribution < -0.4 is 5.32 Å². The smallest absolute Gasteiger partial charge is 0.271 e. The largest absolute Gasteiger partial charge is 0.352 e. The minimum Gasteiger partial charge on any atom is -0.352 e. The van der Waals surface area contributed by atoms with Gasteiger partial charge >= 0.3 is 0 Å². The minimum atomic E-state index is -0.804. The second-order valence-electron chi connectivity index (χ2n) is 5.67. The molecule has 0 aromatic carbocycles. The van der Waals surface area contributed by atoms with Crippen LogP contribution in [0.15, 0.2) is 18.3 Å². The van der Waals surface area contributed by atoms with Crippen molar-refractivity contribution in [3.63, 3.8) is 0 Å². The molecule has 5 heteroatoms. The average Bonchev–Trinajstić information content (AvgIpc) is 2.81. The van der Waals surface area contributed by atoms with Crippen molar-refractivity contribution in [2.75, 3.05) is 13.1 Å². The van der Waals surface area contributed by atoms with E-state index in [4.69, 9.17) is 0 Å². The summed E-state index contributed by atoms with van der Waals surface area (Å²) < 4.78 is 1.94. The Balaban J connectivity index is 2.33. The van der Waals surface area contributed by atoms with E-state index in [1.807, 2.05) is 36.7 Å². The molecule has 19 heavy (non-hydrogen) atoms. The molecule has 1 N–H and O–H groups in total. The van der Waals surface area contributed by atoms with Gasteiger partial charge in [0.2, 0.25) is 5.91 Å². The van der Waals surface area contributed by atoms with Gasteiger partial charge in [-0.05, 0) is 39.8 Å². The van der Waals surface area contributed by atoms with Gasteiger partial charge in [-0.3, -0.25) is 9.59 Å². The summed E-state index contributed by atoms with van der Waals surface area (Å²) in [5, 5.41) is 2.80. The number of nitrogens with one attached hydrogen (secondary N) is 1. The van der Waals surface area contributed by atoms with Gasteiger partial charge in [0.1, 0.15) is 11.2 Å². The summed E-state index contributed by atoms with van der Waals surface area (Å²) in [6.45, 7) is 8.68. The Hall–Kier alpha value is -1.78. The molecule has 1 aliphatic heterocycles. The van der Waals surface area contributed by atoms with Crippen LogP contribution in [0.4, 0.5) is 0 Å². The first kappa shape index (κ1) is 13.6. The number of carbonyl (C=O) groups is 2. The number of hydrogen-bond donors (Lipinski definition) is 1. The van der Waals surface area contributed by atoms with Crippen molar-refractivity contribution >= 4 is 11.8 Å². The van der Waals surface area contributed by atoms with Gasteiger partial charge in [-0.2, -0.15) is 0 Å². The molecule has 104 valence electrons. The zero-order valence-corrected chi connectivity index (χ0v) is 11.9. The van der Waals surface area contributed by atoms with Crippen molar-refractivity contribution < 1.29 is 9.59 Å². The lowest BCUT2D eigenvalue weighted by Crippen LogP contribution is -2.63. The molecule has 0 saturated carbocycles. The molecule has 0 atom stereocenters. The summed E-state index contributed by atoms with van der Waals surface area (Å²) >= 11 is 0. The molecular weight excluding hydrogens is 242 g/mol. The van der Waals surface area contributed by atoms with E-state index in [0.717, 1.165) is 0 Å². The molecule has 1 saturated heterocycles. The van der Waals surface area contributed by atoms with Gasteiger partial charge in [-0.25, -0.2) is 0 Å². The number of rotatable bonds is 2. The molecule has 0 spiro atoms. The van der Waals surface area contributed by atoms with Crippen LogP contribution in [0.5, 0.6) is 0 Å². The average molecular weight is 263 g/mol. The lowest BCUT2D eigenvalue weighted by molar-refractivity contribution is -0.133. The number of nitrogens with zero attached hydrogens (tertiary/aromatic N) is 2. The summed E-state index contributed by atoms with van der Waals surface area (Å²) in [6, 6.07) is 3.89.